The van der Waals surface area contributed by atoms with Gasteiger partial charge in [-0.25, -0.2) is 9.59 Å². The van der Waals surface area contributed by atoms with Crippen molar-refractivity contribution < 1.29 is 52.2 Å². The Bertz CT molecular complexity index is 855. The van der Waals surface area contributed by atoms with Crippen LogP contribution in [0.25, 0.3) is 6.08 Å². The summed E-state index contributed by atoms with van der Waals surface area (Å²) in [4.78, 5) is 22.9. The van der Waals surface area contributed by atoms with Gasteiger partial charge in [0.15, 0.2) is 6.79 Å². The number of esters is 1. The molecule has 0 saturated carbocycles. The van der Waals surface area contributed by atoms with E-state index in [1.807, 2.05) is 32.9 Å². The van der Waals surface area contributed by atoms with Crippen molar-refractivity contribution in [2.24, 2.45) is 0 Å². The van der Waals surface area contributed by atoms with Gasteiger partial charge in [0, 0.05) is 19.7 Å². The van der Waals surface area contributed by atoms with E-state index in [1.54, 1.807) is 19.3 Å². The van der Waals surface area contributed by atoms with Crippen molar-refractivity contribution in [3.05, 3.63) is 35.4 Å². The third kappa shape index (κ3) is 19.3. The molecule has 0 saturated heterocycles. The maximum Gasteiger partial charge on any atom is 0.407 e. The SMILES string of the molecule is COCOc1ccc(/C=C/C(=O)OC)c(COCCOCCOCCOCCOCCNC(=O)OC(C)(C)C)c1. The van der Waals surface area contributed by atoms with E-state index in [-0.39, 0.29) is 6.79 Å². The minimum Gasteiger partial charge on any atom is -0.468 e. The largest absolute Gasteiger partial charge is 0.468 e. The number of hydrogen-bond acceptors (Lipinski definition) is 11. The Morgan fingerprint density at radius 3 is 1.95 bits per heavy atom. The van der Waals surface area contributed by atoms with Crippen LogP contribution in [0.15, 0.2) is 24.3 Å². The fourth-order valence-corrected chi connectivity index (χ4v) is 2.91. The highest BCUT2D eigenvalue weighted by atomic mass is 16.7. The van der Waals surface area contributed by atoms with Gasteiger partial charge >= 0.3 is 12.1 Å². The third-order valence-electron chi connectivity index (χ3n) is 4.72. The highest BCUT2D eigenvalue weighted by molar-refractivity contribution is 5.87. The van der Waals surface area contributed by atoms with Gasteiger partial charge in [0.2, 0.25) is 0 Å². The fraction of sp³-hybridized carbons (Fsp3) is 0.643. The molecule has 0 bridgehead atoms. The average molecular weight is 572 g/mol. The molecule has 1 aromatic carbocycles. The van der Waals surface area contributed by atoms with E-state index in [1.165, 1.54) is 13.2 Å². The second-order valence-corrected chi connectivity index (χ2v) is 9.20. The van der Waals surface area contributed by atoms with Crippen molar-refractivity contribution in [1.29, 1.82) is 0 Å². The summed E-state index contributed by atoms with van der Waals surface area (Å²) in [7, 11) is 2.87. The molecule has 0 aliphatic heterocycles. The van der Waals surface area contributed by atoms with Crippen LogP contribution in [0.2, 0.25) is 0 Å². The molecular weight excluding hydrogens is 526 g/mol. The number of rotatable bonds is 22. The summed E-state index contributed by atoms with van der Waals surface area (Å²) in [5.74, 6) is 0.192. The molecule has 228 valence electrons. The quantitative estimate of drug-likeness (QED) is 0.0954. The van der Waals surface area contributed by atoms with Crippen molar-refractivity contribution in [2.45, 2.75) is 33.0 Å². The Kier molecular flexibility index (Phi) is 19.4. The summed E-state index contributed by atoms with van der Waals surface area (Å²) in [6.45, 7) is 10.0. The number of carbonyl (C=O) groups excluding carboxylic acids is 2. The first-order valence-corrected chi connectivity index (χ1v) is 13.1. The predicted molar refractivity (Wildman–Crippen MR) is 147 cm³/mol. The lowest BCUT2D eigenvalue weighted by molar-refractivity contribution is -0.134. The molecule has 0 spiro atoms. The lowest BCUT2D eigenvalue weighted by Gasteiger charge is -2.19. The van der Waals surface area contributed by atoms with Crippen LogP contribution in [0.3, 0.4) is 0 Å². The summed E-state index contributed by atoms with van der Waals surface area (Å²) in [6, 6.07) is 5.46. The molecule has 1 N–H and O–H groups in total. The van der Waals surface area contributed by atoms with Crippen molar-refractivity contribution in [3.63, 3.8) is 0 Å². The van der Waals surface area contributed by atoms with Gasteiger partial charge < -0.3 is 47.9 Å². The number of methoxy groups -OCH3 is 2. The van der Waals surface area contributed by atoms with Crippen LogP contribution in [-0.4, -0.2) is 105 Å². The molecule has 0 heterocycles. The Morgan fingerprint density at radius 1 is 0.825 bits per heavy atom. The maximum atomic E-state index is 11.5. The molecule has 1 rings (SSSR count). The van der Waals surface area contributed by atoms with Crippen LogP contribution in [-0.2, 0) is 49.3 Å². The van der Waals surface area contributed by atoms with Crippen LogP contribution in [0.5, 0.6) is 5.75 Å². The van der Waals surface area contributed by atoms with Crippen LogP contribution in [0.4, 0.5) is 4.79 Å². The highest BCUT2D eigenvalue weighted by Gasteiger charge is 2.15. The number of ether oxygens (including phenoxy) is 9. The first-order valence-electron chi connectivity index (χ1n) is 13.1. The topological polar surface area (TPSA) is 129 Å². The minimum absolute atomic E-state index is 0.130. The van der Waals surface area contributed by atoms with Gasteiger partial charge in [0.05, 0.1) is 73.2 Å². The van der Waals surface area contributed by atoms with Crippen LogP contribution >= 0.6 is 0 Å². The smallest absolute Gasteiger partial charge is 0.407 e. The summed E-state index contributed by atoms with van der Waals surface area (Å²) in [6.07, 6.45) is 2.56. The molecule has 1 aromatic rings. The van der Waals surface area contributed by atoms with Gasteiger partial charge in [-0.2, -0.15) is 0 Å². The van der Waals surface area contributed by atoms with E-state index in [9.17, 15) is 9.59 Å². The number of carbonyl (C=O) groups is 2. The first-order chi connectivity index (χ1) is 19.2. The minimum atomic E-state index is -0.520. The Labute approximate surface area is 237 Å². The van der Waals surface area contributed by atoms with E-state index >= 15 is 0 Å². The fourth-order valence-electron chi connectivity index (χ4n) is 2.91. The van der Waals surface area contributed by atoms with E-state index < -0.39 is 17.7 Å². The number of amides is 1. The molecule has 0 aliphatic carbocycles. The summed E-state index contributed by atoms with van der Waals surface area (Å²) in [5.41, 5.74) is 1.14. The highest BCUT2D eigenvalue weighted by Crippen LogP contribution is 2.20. The van der Waals surface area contributed by atoms with Crippen molar-refractivity contribution in [1.82, 2.24) is 5.32 Å². The number of alkyl carbamates (subject to hydrolysis) is 1. The molecule has 0 radical (unpaired) electrons. The van der Waals surface area contributed by atoms with Crippen molar-refractivity contribution >= 4 is 18.1 Å². The maximum absolute atomic E-state index is 11.5. The van der Waals surface area contributed by atoms with Crippen LogP contribution < -0.4 is 10.1 Å². The molecule has 1 amide bonds. The zero-order valence-electron chi connectivity index (χ0n) is 24.4. The van der Waals surface area contributed by atoms with Crippen LogP contribution in [0.1, 0.15) is 31.9 Å². The summed E-state index contributed by atoms with van der Waals surface area (Å²) < 4.78 is 47.8. The zero-order valence-corrected chi connectivity index (χ0v) is 24.4. The van der Waals surface area contributed by atoms with Crippen molar-refractivity contribution in [2.75, 3.05) is 87.0 Å². The van der Waals surface area contributed by atoms with E-state index in [0.29, 0.717) is 78.4 Å². The normalized spacial score (nSPS) is 11.5. The van der Waals surface area contributed by atoms with Gasteiger partial charge in [-0.15, -0.1) is 0 Å². The Balaban J connectivity index is 2.05. The third-order valence-corrected chi connectivity index (χ3v) is 4.72. The Morgan fingerprint density at radius 2 is 1.40 bits per heavy atom. The monoisotopic (exact) mass is 571 g/mol. The molecule has 0 fully saturated rings. The number of hydrogen-bond donors (Lipinski definition) is 1. The molecular formula is C28H45NO11. The summed E-state index contributed by atoms with van der Waals surface area (Å²) in [5, 5.41) is 2.62. The van der Waals surface area contributed by atoms with Gasteiger partial charge in [0.1, 0.15) is 11.4 Å². The predicted octanol–water partition coefficient (Wildman–Crippen LogP) is 2.96. The molecule has 12 heteroatoms. The second kappa shape index (κ2) is 22.0. The molecule has 0 aliphatic rings. The van der Waals surface area contributed by atoms with Gasteiger partial charge in [0.25, 0.3) is 0 Å². The lowest BCUT2D eigenvalue weighted by atomic mass is 10.1. The van der Waals surface area contributed by atoms with E-state index in [2.05, 4.69) is 10.1 Å². The van der Waals surface area contributed by atoms with Crippen molar-refractivity contribution in [3.8, 4) is 5.75 Å². The molecule has 0 aromatic heterocycles. The van der Waals surface area contributed by atoms with Gasteiger partial charge in [-0.05, 0) is 50.1 Å². The zero-order chi connectivity index (χ0) is 29.5. The van der Waals surface area contributed by atoms with Gasteiger partial charge in [-0.3, -0.25) is 0 Å². The second-order valence-electron chi connectivity index (χ2n) is 9.20. The first kappa shape index (κ1) is 35.3. The molecule has 0 atom stereocenters. The van der Waals surface area contributed by atoms with E-state index in [4.69, 9.17) is 37.9 Å². The molecule has 0 unspecified atom stereocenters. The average Bonchev–Trinajstić information content (AvgIpc) is 2.91. The molecule has 40 heavy (non-hydrogen) atoms. The number of nitrogens with one attached hydrogen (secondary N) is 1. The summed E-state index contributed by atoms with van der Waals surface area (Å²) >= 11 is 0. The Hall–Kier alpha value is -2.74. The number of benzene rings is 1. The standard InChI is InChI=1S/C28H45NO11/c1-28(2,3)40-27(31)29-10-11-34-12-13-35-14-15-36-16-17-37-18-19-38-21-24-20-25(39-22-32-4)8-6-23(24)7-9-26(30)33-5/h6-9,20H,10-19,21-22H2,1-5H3,(H,29,31)/b9-7+. The molecule has 12 nitrogen and oxygen atoms in total. The lowest BCUT2D eigenvalue weighted by Crippen LogP contribution is -2.34. The van der Waals surface area contributed by atoms with E-state index in [0.717, 1.165) is 11.1 Å². The van der Waals surface area contributed by atoms with Crippen LogP contribution in [0, 0.1) is 0 Å². The van der Waals surface area contributed by atoms with Gasteiger partial charge in [-0.1, -0.05) is 6.07 Å².